The van der Waals surface area contributed by atoms with Gasteiger partial charge >= 0.3 is 0 Å². The molecule has 0 amide bonds. The van der Waals surface area contributed by atoms with Gasteiger partial charge in [-0.1, -0.05) is 36.4 Å². The predicted molar refractivity (Wildman–Crippen MR) is 83.0 cm³/mol. The van der Waals surface area contributed by atoms with Gasteiger partial charge < -0.3 is 0 Å². The maximum Gasteiger partial charge on any atom is 0.264 e. The van der Waals surface area contributed by atoms with Crippen molar-refractivity contribution >= 4 is 25.6 Å². The van der Waals surface area contributed by atoms with Crippen LogP contribution in [0.4, 0.5) is 0 Å². The van der Waals surface area contributed by atoms with Crippen LogP contribution in [0.5, 0.6) is 0 Å². The number of nitrogens with zero attached hydrogens (tertiary/aromatic N) is 1. The van der Waals surface area contributed by atoms with Gasteiger partial charge in [0.25, 0.3) is 10.0 Å². The van der Waals surface area contributed by atoms with E-state index in [2.05, 4.69) is 0 Å². The molecule has 0 aromatic heterocycles. The minimum Gasteiger partial charge on any atom is -0.268 e. The molecule has 2 aromatic rings. The summed E-state index contributed by atoms with van der Waals surface area (Å²) >= 11 is 0. The summed E-state index contributed by atoms with van der Waals surface area (Å²) in [4.78, 5) is 0.240. The molecular formula is C15H13NO4S2. The molecule has 7 heteroatoms. The fourth-order valence-corrected chi connectivity index (χ4v) is 5.04. The third-order valence-electron chi connectivity index (χ3n) is 3.48. The van der Waals surface area contributed by atoms with Crippen LogP contribution in [-0.4, -0.2) is 28.2 Å². The van der Waals surface area contributed by atoms with Crippen LogP contribution in [0.2, 0.25) is 0 Å². The Morgan fingerprint density at radius 3 is 2.23 bits per heavy atom. The van der Waals surface area contributed by atoms with Crippen LogP contribution in [0.1, 0.15) is 5.56 Å². The highest BCUT2D eigenvalue weighted by atomic mass is 32.2. The smallest absolute Gasteiger partial charge is 0.264 e. The van der Waals surface area contributed by atoms with Gasteiger partial charge in [0.05, 0.1) is 20.9 Å². The monoisotopic (exact) mass is 335 g/mol. The highest BCUT2D eigenvalue weighted by Gasteiger charge is 2.36. The van der Waals surface area contributed by atoms with Gasteiger partial charge in [0.2, 0.25) is 9.84 Å². The van der Waals surface area contributed by atoms with E-state index < -0.39 is 19.9 Å². The van der Waals surface area contributed by atoms with Gasteiger partial charge in [-0.2, -0.15) is 0 Å². The second-order valence-electron chi connectivity index (χ2n) is 4.83. The van der Waals surface area contributed by atoms with Crippen molar-refractivity contribution in [3.8, 4) is 0 Å². The predicted octanol–water partition coefficient (Wildman–Crippen LogP) is 2.09. The lowest BCUT2D eigenvalue weighted by atomic mass is 10.2. The van der Waals surface area contributed by atoms with E-state index in [1.165, 1.54) is 25.2 Å². The standard InChI is InChI=1S/C15H13NO4S2/c1-16-14(11-21(17,18)12-7-3-2-4-8-12)13-9-5-6-10-15(13)22(16,19)20/h2-11H,1H3/b14-11+. The Balaban J connectivity index is 2.21. The van der Waals surface area contributed by atoms with Crippen LogP contribution >= 0.6 is 0 Å². The third-order valence-corrected chi connectivity index (χ3v) is 6.77. The summed E-state index contributed by atoms with van der Waals surface area (Å²) in [6.45, 7) is 0. The van der Waals surface area contributed by atoms with Gasteiger partial charge in [0.15, 0.2) is 0 Å². The van der Waals surface area contributed by atoms with Gasteiger partial charge in [-0.25, -0.2) is 16.8 Å². The molecule has 2 aromatic carbocycles. The summed E-state index contributed by atoms with van der Waals surface area (Å²) in [6.07, 6.45) is 0. The third kappa shape index (κ3) is 2.22. The molecule has 1 aliphatic heterocycles. The van der Waals surface area contributed by atoms with E-state index in [9.17, 15) is 16.8 Å². The molecule has 1 heterocycles. The highest BCUT2D eigenvalue weighted by molar-refractivity contribution is 7.94. The molecule has 0 atom stereocenters. The normalized spacial score (nSPS) is 18.4. The molecule has 22 heavy (non-hydrogen) atoms. The quantitative estimate of drug-likeness (QED) is 0.842. The van der Waals surface area contributed by atoms with Crippen LogP contribution in [0.15, 0.2) is 69.8 Å². The number of rotatable bonds is 2. The van der Waals surface area contributed by atoms with Crippen molar-refractivity contribution in [3.05, 3.63) is 65.6 Å². The Hall–Kier alpha value is -2.12. The highest BCUT2D eigenvalue weighted by Crippen LogP contribution is 2.38. The number of hydrogen-bond donors (Lipinski definition) is 0. The first kappa shape index (κ1) is 14.8. The molecule has 0 bridgehead atoms. The van der Waals surface area contributed by atoms with Gasteiger partial charge in [0, 0.05) is 12.6 Å². The largest absolute Gasteiger partial charge is 0.268 e. The van der Waals surface area contributed by atoms with E-state index in [-0.39, 0.29) is 15.5 Å². The van der Waals surface area contributed by atoms with Crippen molar-refractivity contribution in [3.63, 3.8) is 0 Å². The minimum absolute atomic E-state index is 0.118. The number of benzene rings is 2. The molecule has 3 rings (SSSR count). The van der Waals surface area contributed by atoms with Gasteiger partial charge in [-0.15, -0.1) is 0 Å². The molecule has 0 unspecified atom stereocenters. The molecule has 0 spiro atoms. The zero-order chi connectivity index (χ0) is 16.0. The summed E-state index contributed by atoms with van der Waals surface area (Å²) in [5.74, 6) is 0. The maximum atomic E-state index is 12.5. The van der Waals surface area contributed by atoms with E-state index in [1.54, 1.807) is 36.4 Å². The van der Waals surface area contributed by atoms with Gasteiger partial charge in [-0.05, 0) is 18.2 Å². The molecule has 0 N–H and O–H groups in total. The van der Waals surface area contributed by atoms with Crippen LogP contribution in [-0.2, 0) is 19.9 Å². The first-order valence-corrected chi connectivity index (χ1v) is 9.43. The fraction of sp³-hybridized carbons (Fsp3) is 0.0667. The van der Waals surface area contributed by atoms with E-state index >= 15 is 0 Å². The number of hydrogen-bond acceptors (Lipinski definition) is 4. The minimum atomic E-state index is -3.74. The van der Waals surface area contributed by atoms with Gasteiger partial charge in [0.1, 0.15) is 0 Å². The van der Waals surface area contributed by atoms with Crippen molar-refractivity contribution in [2.45, 2.75) is 9.79 Å². The summed E-state index contributed by atoms with van der Waals surface area (Å²) in [5.41, 5.74) is 0.545. The molecule has 0 aliphatic carbocycles. The lowest BCUT2D eigenvalue weighted by Crippen LogP contribution is -2.18. The SMILES string of the molecule is CN1/C(=C/S(=O)(=O)c2ccccc2)c2ccccc2S1(=O)=O. The Labute approximate surface area is 129 Å². The van der Waals surface area contributed by atoms with Crippen LogP contribution in [0, 0.1) is 0 Å². The molecule has 1 aliphatic rings. The molecule has 114 valence electrons. The molecule has 5 nitrogen and oxygen atoms in total. The van der Waals surface area contributed by atoms with E-state index in [1.807, 2.05) is 0 Å². The van der Waals surface area contributed by atoms with Crippen LogP contribution in [0.3, 0.4) is 0 Å². The zero-order valence-corrected chi connectivity index (χ0v) is 13.3. The average molecular weight is 335 g/mol. The molecule has 0 fully saturated rings. The first-order valence-electron chi connectivity index (χ1n) is 6.44. The van der Waals surface area contributed by atoms with E-state index in [4.69, 9.17) is 0 Å². The van der Waals surface area contributed by atoms with Crippen LogP contribution in [0.25, 0.3) is 5.70 Å². The van der Waals surface area contributed by atoms with Crippen molar-refractivity contribution in [1.29, 1.82) is 0 Å². The average Bonchev–Trinajstić information content (AvgIpc) is 2.70. The first-order chi connectivity index (χ1) is 10.3. The Morgan fingerprint density at radius 2 is 1.55 bits per heavy atom. The molecule has 0 saturated carbocycles. The molecule has 0 saturated heterocycles. The van der Waals surface area contributed by atoms with Crippen molar-refractivity contribution in [1.82, 2.24) is 4.31 Å². The number of sulfone groups is 1. The van der Waals surface area contributed by atoms with Gasteiger partial charge in [-0.3, -0.25) is 4.31 Å². The Kier molecular flexibility index (Phi) is 3.34. The van der Waals surface area contributed by atoms with Crippen LogP contribution < -0.4 is 0 Å². The zero-order valence-electron chi connectivity index (χ0n) is 11.7. The summed E-state index contributed by atoms with van der Waals surface area (Å²) in [6, 6.07) is 14.3. The van der Waals surface area contributed by atoms with E-state index in [0.717, 1.165) is 9.71 Å². The summed E-state index contributed by atoms with van der Waals surface area (Å²) in [5, 5.41) is 1.01. The number of sulfonamides is 1. The number of fused-ring (bicyclic) bond motifs is 1. The summed E-state index contributed by atoms with van der Waals surface area (Å²) in [7, 11) is -6.08. The lowest BCUT2D eigenvalue weighted by Gasteiger charge is -2.12. The Morgan fingerprint density at radius 1 is 0.955 bits per heavy atom. The fourth-order valence-electron chi connectivity index (χ4n) is 2.31. The maximum absolute atomic E-state index is 12.5. The molecular weight excluding hydrogens is 322 g/mol. The van der Waals surface area contributed by atoms with Crippen molar-refractivity contribution in [2.24, 2.45) is 0 Å². The topological polar surface area (TPSA) is 71.5 Å². The molecule has 0 radical (unpaired) electrons. The summed E-state index contributed by atoms with van der Waals surface area (Å²) < 4.78 is 50.5. The van der Waals surface area contributed by atoms with Crippen molar-refractivity contribution < 1.29 is 16.8 Å². The Bertz CT molecular complexity index is 962. The van der Waals surface area contributed by atoms with Crippen molar-refractivity contribution in [2.75, 3.05) is 7.05 Å². The second-order valence-corrected chi connectivity index (χ2v) is 8.56. The van der Waals surface area contributed by atoms with E-state index in [0.29, 0.717) is 5.56 Å². The second kappa shape index (κ2) is 4.96. The lowest BCUT2D eigenvalue weighted by molar-refractivity contribution is 0.554.